The van der Waals surface area contributed by atoms with Crippen LogP contribution in [0.25, 0.3) is 0 Å². The molecule has 174 valence electrons. The fourth-order valence-corrected chi connectivity index (χ4v) is 3.69. The highest BCUT2D eigenvalue weighted by Gasteiger charge is 2.26. The molecule has 9 nitrogen and oxygen atoms in total. The van der Waals surface area contributed by atoms with E-state index in [1.54, 1.807) is 30.9 Å². The van der Waals surface area contributed by atoms with Crippen LogP contribution >= 0.6 is 0 Å². The predicted molar refractivity (Wildman–Crippen MR) is 119 cm³/mol. The molecule has 1 aliphatic rings. The second-order valence-corrected chi connectivity index (χ2v) is 8.10. The number of ether oxygens (including phenoxy) is 2. The number of piperazine rings is 1. The van der Waals surface area contributed by atoms with Gasteiger partial charge in [-0.1, -0.05) is 0 Å². The summed E-state index contributed by atoms with van der Waals surface area (Å²) >= 11 is 0. The maximum Gasteiger partial charge on any atom is 0.275 e. The lowest BCUT2D eigenvalue weighted by molar-refractivity contribution is -0.130. The number of carbonyl (C=O) groups excluding carboxylic acids is 2. The van der Waals surface area contributed by atoms with Gasteiger partial charge >= 0.3 is 0 Å². The van der Waals surface area contributed by atoms with Crippen molar-refractivity contribution in [1.29, 1.82) is 0 Å². The van der Waals surface area contributed by atoms with Crippen molar-refractivity contribution in [2.24, 2.45) is 0 Å². The summed E-state index contributed by atoms with van der Waals surface area (Å²) in [7, 11) is 3.28. The highest BCUT2D eigenvalue weighted by atomic mass is 16.5. The van der Waals surface area contributed by atoms with E-state index in [1.807, 2.05) is 18.2 Å². The van der Waals surface area contributed by atoms with Crippen molar-refractivity contribution >= 4 is 11.8 Å². The lowest BCUT2D eigenvalue weighted by Crippen LogP contribution is -2.50. The molecule has 1 fully saturated rings. The highest BCUT2D eigenvalue weighted by Crippen LogP contribution is 2.26. The van der Waals surface area contributed by atoms with E-state index < -0.39 is 0 Å². The van der Waals surface area contributed by atoms with Gasteiger partial charge in [0.2, 0.25) is 11.8 Å². The fraction of sp³-hybridized carbons (Fsp3) is 0.522. The number of hydrogen-bond acceptors (Lipinski definition) is 7. The molecule has 9 heteroatoms. The Labute approximate surface area is 188 Å². The first-order chi connectivity index (χ1) is 15.3. The highest BCUT2D eigenvalue weighted by molar-refractivity contribution is 5.92. The van der Waals surface area contributed by atoms with Crippen molar-refractivity contribution in [3.05, 3.63) is 41.6 Å². The third-order valence-electron chi connectivity index (χ3n) is 5.71. The lowest BCUT2D eigenvalue weighted by atomic mass is 10.1. The summed E-state index contributed by atoms with van der Waals surface area (Å²) in [5.41, 5.74) is 1.28. The van der Waals surface area contributed by atoms with Crippen LogP contribution < -0.4 is 9.47 Å². The van der Waals surface area contributed by atoms with Crippen molar-refractivity contribution in [2.75, 3.05) is 40.4 Å². The van der Waals surface area contributed by atoms with Gasteiger partial charge in [0.05, 0.1) is 20.8 Å². The van der Waals surface area contributed by atoms with Gasteiger partial charge < -0.3 is 23.7 Å². The number of oxazole rings is 1. The molecule has 32 heavy (non-hydrogen) atoms. The molecular formula is C23H32N4O5. The Hall–Kier alpha value is -3.07. The quantitative estimate of drug-likeness (QED) is 0.618. The Bertz CT molecular complexity index is 934. The van der Waals surface area contributed by atoms with Gasteiger partial charge in [0.25, 0.3) is 5.91 Å². The van der Waals surface area contributed by atoms with Crippen LogP contribution in [0.2, 0.25) is 0 Å². The molecule has 0 radical (unpaired) electrons. The van der Waals surface area contributed by atoms with E-state index in [0.717, 1.165) is 17.1 Å². The zero-order chi connectivity index (χ0) is 23.3. The first-order valence-electron chi connectivity index (χ1n) is 10.8. The molecule has 0 bridgehead atoms. The molecule has 3 rings (SSSR count). The minimum Gasteiger partial charge on any atom is -0.497 e. The molecule has 2 amide bonds. The van der Waals surface area contributed by atoms with Crippen LogP contribution in [0.3, 0.4) is 0 Å². The van der Waals surface area contributed by atoms with Gasteiger partial charge in [-0.2, -0.15) is 0 Å². The molecule has 2 aromatic rings. The van der Waals surface area contributed by atoms with Crippen molar-refractivity contribution < 1.29 is 23.5 Å². The van der Waals surface area contributed by atoms with Crippen molar-refractivity contribution in [2.45, 2.75) is 39.9 Å². The molecular weight excluding hydrogens is 412 g/mol. The Morgan fingerprint density at radius 3 is 2.38 bits per heavy atom. The number of carbonyl (C=O) groups is 2. The zero-order valence-electron chi connectivity index (χ0n) is 19.5. The molecule has 0 saturated carbocycles. The minimum absolute atomic E-state index is 0.0299. The van der Waals surface area contributed by atoms with Gasteiger partial charge in [-0.15, -0.1) is 0 Å². The average molecular weight is 445 g/mol. The summed E-state index contributed by atoms with van der Waals surface area (Å²) in [5.74, 6) is 1.88. The summed E-state index contributed by atoms with van der Waals surface area (Å²) in [6.45, 7) is 8.85. The number of aromatic nitrogens is 1. The van der Waals surface area contributed by atoms with Gasteiger partial charge in [0.1, 0.15) is 17.8 Å². The van der Waals surface area contributed by atoms with Crippen LogP contribution in [0.15, 0.2) is 28.9 Å². The lowest BCUT2D eigenvalue weighted by Gasteiger charge is -2.33. The topological polar surface area (TPSA) is 88.4 Å². The number of amides is 2. The molecule has 1 aromatic carbocycles. The van der Waals surface area contributed by atoms with E-state index in [2.05, 4.69) is 23.7 Å². The predicted octanol–water partition coefficient (Wildman–Crippen LogP) is 2.41. The summed E-state index contributed by atoms with van der Waals surface area (Å²) in [6.07, 6.45) is 1.42. The van der Waals surface area contributed by atoms with E-state index in [0.29, 0.717) is 50.9 Å². The van der Waals surface area contributed by atoms with Gasteiger partial charge in [-0.25, -0.2) is 4.98 Å². The van der Waals surface area contributed by atoms with E-state index in [4.69, 9.17) is 13.9 Å². The van der Waals surface area contributed by atoms with Crippen LogP contribution in [-0.4, -0.2) is 77.9 Å². The molecule has 1 aromatic heterocycles. The molecule has 0 aliphatic carbocycles. The van der Waals surface area contributed by atoms with E-state index in [-0.39, 0.29) is 17.9 Å². The third-order valence-corrected chi connectivity index (χ3v) is 5.71. The summed E-state index contributed by atoms with van der Waals surface area (Å²) in [4.78, 5) is 34.4. The van der Waals surface area contributed by atoms with Gasteiger partial charge in [0.15, 0.2) is 5.69 Å². The first kappa shape index (κ1) is 23.6. The second-order valence-electron chi connectivity index (χ2n) is 8.10. The van der Waals surface area contributed by atoms with Crippen LogP contribution in [0, 0.1) is 0 Å². The molecule has 0 N–H and O–H groups in total. The molecule has 0 unspecified atom stereocenters. The van der Waals surface area contributed by atoms with Crippen LogP contribution in [0.1, 0.15) is 42.7 Å². The normalized spacial score (nSPS) is 14.2. The summed E-state index contributed by atoms with van der Waals surface area (Å²) in [5, 5.41) is 0. The van der Waals surface area contributed by atoms with E-state index in [1.165, 1.54) is 6.26 Å². The molecule has 0 spiro atoms. The van der Waals surface area contributed by atoms with E-state index >= 15 is 0 Å². The summed E-state index contributed by atoms with van der Waals surface area (Å²) < 4.78 is 16.5. The van der Waals surface area contributed by atoms with Crippen LogP contribution in [0.5, 0.6) is 11.5 Å². The molecule has 1 saturated heterocycles. The fourth-order valence-electron chi connectivity index (χ4n) is 3.69. The van der Waals surface area contributed by atoms with Crippen LogP contribution in [0.4, 0.5) is 0 Å². The summed E-state index contributed by atoms with van der Waals surface area (Å²) in [6, 6.07) is 5.92. The SMILES string of the molecule is COc1ccc(OC)c(CN(Cc2nc(C(=O)N3CCN(C(C)=O)CC3)co2)C(C)C)c1. The zero-order valence-corrected chi connectivity index (χ0v) is 19.5. The number of hydrogen-bond donors (Lipinski definition) is 0. The maximum atomic E-state index is 12.8. The maximum absolute atomic E-state index is 12.8. The monoisotopic (exact) mass is 444 g/mol. The Kier molecular flexibility index (Phi) is 7.74. The number of methoxy groups -OCH3 is 2. The molecule has 2 heterocycles. The first-order valence-corrected chi connectivity index (χ1v) is 10.8. The van der Waals surface area contributed by atoms with Crippen LogP contribution in [-0.2, 0) is 17.9 Å². The van der Waals surface area contributed by atoms with Gasteiger partial charge in [0, 0.05) is 51.3 Å². The van der Waals surface area contributed by atoms with Crippen molar-refractivity contribution in [1.82, 2.24) is 19.7 Å². The minimum atomic E-state index is -0.172. The molecule has 0 atom stereocenters. The van der Waals surface area contributed by atoms with Gasteiger partial charge in [-0.05, 0) is 32.0 Å². The average Bonchev–Trinajstić information content (AvgIpc) is 3.26. The Balaban J connectivity index is 1.67. The van der Waals surface area contributed by atoms with E-state index in [9.17, 15) is 9.59 Å². The molecule has 1 aliphatic heterocycles. The Morgan fingerprint density at radius 1 is 1.09 bits per heavy atom. The van der Waals surface area contributed by atoms with Gasteiger partial charge in [-0.3, -0.25) is 14.5 Å². The number of rotatable bonds is 8. The number of benzene rings is 1. The smallest absolute Gasteiger partial charge is 0.275 e. The van der Waals surface area contributed by atoms with Crippen molar-refractivity contribution in [3.63, 3.8) is 0 Å². The largest absolute Gasteiger partial charge is 0.497 e. The third kappa shape index (κ3) is 5.59. The second kappa shape index (κ2) is 10.5. The number of nitrogens with zero attached hydrogens (tertiary/aromatic N) is 4. The Morgan fingerprint density at radius 2 is 1.78 bits per heavy atom. The standard InChI is InChI=1S/C23H32N4O5/c1-16(2)27(13-18-12-19(30-4)6-7-21(18)31-5)14-22-24-20(15-32-22)23(29)26-10-8-25(9-11-26)17(3)28/h6-7,12,15-16H,8-11,13-14H2,1-5H3. The van der Waals surface area contributed by atoms with Crippen molar-refractivity contribution in [3.8, 4) is 11.5 Å².